The standard InChI is InChI=1S/C8H8O.C6H6O/c9-7-3-6-8-4-1-2-5-8;7-5-6-3-1-2-4-6/h1-4,6-7H,5H2;1-3,5H,4H2/b6-3+;. The summed E-state index contributed by atoms with van der Waals surface area (Å²) in [5.41, 5.74) is 2.07. The fourth-order valence-electron chi connectivity index (χ4n) is 1.30. The van der Waals surface area contributed by atoms with Crippen molar-refractivity contribution in [1.29, 1.82) is 0 Å². The van der Waals surface area contributed by atoms with Crippen LogP contribution in [-0.2, 0) is 9.59 Å². The van der Waals surface area contributed by atoms with Gasteiger partial charge in [-0.25, -0.2) is 0 Å². The maximum absolute atomic E-state index is 9.90. The average molecular weight is 214 g/mol. The predicted octanol–water partition coefficient (Wildman–Crippen LogP) is 2.70. The molecule has 0 saturated carbocycles. The topological polar surface area (TPSA) is 34.1 Å². The van der Waals surface area contributed by atoms with Gasteiger partial charge in [-0.3, -0.25) is 9.59 Å². The number of aldehydes is 2. The molecule has 0 radical (unpaired) electrons. The Morgan fingerprint density at radius 2 is 1.56 bits per heavy atom. The zero-order valence-corrected chi connectivity index (χ0v) is 9.00. The Labute approximate surface area is 95.4 Å². The van der Waals surface area contributed by atoms with E-state index in [1.165, 1.54) is 11.6 Å². The number of allylic oxidation sites excluding steroid dienone is 10. The van der Waals surface area contributed by atoms with E-state index in [9.17, 15) is 9.59 Å². The molecule has 2 aliphatic carbocycles. The molecule has 0 atom stereocenters. The van der Waals surface area contributed by atoms with Gasteiger partial charge in [-0.2, -0.15) is 0 Å². The fraction of sp³-hybridized carbons (Fsp3) is 0.143. The minimum Gasteiger partial charge on any atom is -0.299 e. The number of carbonyl (C=O) groups excluding carboxylic acids is 2. The third-order valence-electron chi connectivity index (χ3n) is 2.14. The lowest BCUT2D eigenvalue weighted by Gasteiger charge is -1.84. The molecular formula is C14H14O2. The molecular weight excluding hydrogens is 200 g/mol. The zero-order valence-electron chi connectivity index (χ0n) is 9.00. The molecule has 16 heavy (non-hydrogen) atoms. The van der Waals surface area contributed by atoms with Gasteiger partial charge in [-0.15, -0.1) is 0 Å². The Bertz CT molecular complexity index is 393. The van der Waals surface area contributed by atoms with E-state index in [4.69, 9.17) is 0 Å². The van der Waals surface area contributed by atoms with Crippen LogP contribution in [0.25, 0.3) is 0 Å². The SMILES string of the molecule is O=C/C=C/C1=CC=CC1.O=CC1=CC=CC1. The third kappa shape index (κ3) is 4.51. The minimum atomic E-state index is 0.791. The van der Waals surface area contributed by atoms with E-state index >= 15 is 0 Å². The summed E-state index contributed by atoms with van der Waals surface area (Å²) in [5.74, 6) is 0. The Balaban J connectivity index is 0.000000165. The van der Waals surface area contributed by atoms with Crippen molar-refractivity contribution < 1.29 is 9.59 Å². The van der Waals surface area contributed by atoms with Gasteiger partial charge < -0.3 is 0 Å². The lowest BCUT2D eigenvalue weighted by molar-refractivity contribution is -0.105. The van der Waals surface area contributed by atoms with Gasteiger partial charge in [0.15, 0.2) is 0 Å². The highest BCUT2D eigenvalue weighted by atomic mass is 16.1. The van der Waals surface area contributed by atoms with E-state index in [0.29, 0.717) is 0 Å². The maximum atomic E-state index is 9.90. The highest BCUT2D eigenvalue weighted by Crippen LogP contribution is 2.10. The van der Waals surface area contributed by atoms with Crippen molar-refractivity contribution in [3.8, 4) is 0 Å². The van der Waals surface area contributed by atoms with E-state index in [-0.39, 0.29) is 0 Å². The molecule has 2 aliphatic rings. The van der Waals surface area contributed by atoms with Crippen LogP contribution in [-0.4, -0.2) is 12.6 Å². The second-order valence-corrected chi connectivity index (χ2v) is 3.36. The minimum absolute atomic E-state index is 0.791. The van der Waals surface area contributed by atoms with Crippen LogP contribution in [0.4, 0.5) is 0 Å². The smallest absolute Gasteiger partial charge is 0.146 e. The first kappa shape index (κ1) is 12.1. The second-order valence-electron chi connectivity index (χ2n) is 3.36. The lowest BCUT2D eigenvalue weighted by atomic mass is 10.2. The van der Waals surface area contributed by atoms with Gasteiger partial charge in [-0.05, 0) is 30.1 Å². The molecule has 0 fully saturated rings. The molecule has 0 aliphatic heterocycles. The molecule has 2 nitrogen and oxygen atoms in total. The number of rotatable bonds is 3. The molecule has 0 aromatic heterocycles. The van der Waals surface area contributed by atoms with Crippen molar-refractivity contribution in [3.63, 3.8) is 0 Å². The van der Waals surface area contributed by atoms with E-state index in [1.54, 1.807) is 0 Å². The van der Waals surface area contributed by atoms with Crippen molar-refractivity contribution in [2.75, 3.05) is 0 Å². The number of carbonyl (C=O) groups is 2. The molecule has 0 aromatic carbocycles. The van der Waals surface area contributed by atoms with Gasteiger partial charge >= 0.3 is 0 Å². The molecule has 0 amide bonds. The summed E-state index contributed by atoms with van der Waals surface area (Å²) in [5, 5.41) is 0. The molecule has 0 aromatic rings. The first-order chi connectivity index (χ1) is 7.86. The Morgan fingerprint density at radius 3 is 1.94 bits per heavy atom. The van der Waals surface area contributed by atoms with E-state index < -0.39 is 0 Å². The lowest BCUT2D eigenvalue weighted by Crippen LogP contribution is -1.73. The van der Waals surface area contributed by atoms with E-state index in [2.05, 4.69) is 6.08 Å². The van der Waals surface area contributed by atoms with Gasteiger partial charge in [0.1, 0.15) is 12.6 Å². The Kier molecular flexibility index (Phi) is 5.56. The molecule has 0 saturated heterocycles. The zero-order chi connectivity index (χ0) is 11.6. The van der Waals surface area contributed by atoms with Gasteiger partial charge in [-0.1, -0.05) is 42.5 Å². The third-order valence-corrected chi connectivity index (χ3v) is 2.14. The molecule has 0 heterocycles. The van der Waals surface area contributed by atoms with Gasteiger partial charge in [0.2, 0.25) is 0 Å². The summed E-state index contributed by atoms with van der Waals surface area (Å²) in [6.45, 7) is 0. The summed E-state index contributed by atoms with van der Waals surface area (Å²) in [7, 11) is 0. The molecule has 0 spiro atoms. The largest absolute Gasteiger partial charge is 0.299 e. The van der Waals surface area contributed by atoms with E-state index in [0.717, 1.165) is 31.0 Å². The Hall–Kier alpha value is -1.96. The Morgan fingerprint density at radius 1 is 0.938 bits per heavy atom. The molecule has 0 N–H and O–H groups in total. The van der Waals surface area contributed by atoms with Crippen LogP contribution in [0.5, 0.6) is 0 Å². The summed E-state index contributed by atoms with van der Waals surface area (Å²) in [6.07, 6.45) is 18.5. The molecule has 2 rings (SSSR count). The van der Waals surface area contributed by atoms with Gasteiger partial charge in [0.05, 0.1) is 0 Å². The second kappa shape index (κ2) is 7.35. The summed E-state index contributed by atoms with van der Waals surface area (Å²) < 4.78 is 0. The number of hydrogen-bond donors (Lipinski definition) is 0. The van der Waals surface area contributed by atoms with Crippen molar-refractivity contribution in [1.82, 2.24) is 0 Å². The number of hydrogen-bond acceptors (Lipinski definition) is 2. The van der Waals surface area contributed by atoms with Crippen LogP contribution < -0.4 is 0 Å². The van der Waals surface area contributed by atoms with Gasteiger partial charge in [0, 0.05) is 0 Å². The molecule has 2 heteroatoms. The first-order valence-corrected chi connectivity index (χ1v) is 5.15. The van der Waals surface area contributed by atoms with Crippen LogP contribution in [0, 0.1) is 0 Å². The average Bonchev–Trinajstić information content (AvgIpc) is 3.00. The molecule has 0 unspecified atom stereocenters. The summed E-state index contributed by atoms with van der Waals surface area (Å²) in [6, 6.07) is 0. The van der Waals surface area contributed by atoms with Crippen molar-refractivity contribution in [3.05, 3.63) is 59.8 Å². The monoisotopic (exact) mass is 214 g/mol. The molecule has 0 bridgehead atoms. The van der Waals surface area contributed by atoms with Crippen molar-refractivity contribution in [2.45, 2.75) is 12.8 Å². The fourth-order valence-corrected chi connectivity index (χ4v) is 1.30. The quantitative estimate of drug-likeness (QED) is 0.534. The van der Waals surface area contributed by atoms with Crippen LogP contribution in [0.1, 0.15) is 12.8 Å². The van der Waals surface area contributed by atoms with Crippen molar-refractivity contribution >= 4 is 12.6 Å². The first-order valence-electron chi connectivity index (χ1n) is 5.15. The summed E-state index contributed by atoms with van der Waals surface area (Å²) >= 11 is 0. The van der Waals surface area contributed by atoms with Crippen molar-refractivity contribution in [2.24, 2.45) is 0 Å². The maximum Gasteiger partial charge on any atom is 0.146 e. The van der Waals surface area contributed by atoms with Crippen LogP contribution >= 0.6 is 0 Å². The van der Waals surface area contributed by atoms with Crippen LogP contribution in [0.3, 0.4) is 0 Å². The molecule has 82 valence electrons. The predicted molar refractivity (Wildman–Crippen MR) is 64.9 cm³/mol. The normalized spacial score (nSPS) is 16.8. The highest BCUT2D eigenvalue weighted by molar-refractivity contribution is 5.75. The van der Waals surface area contributed by atoms with E-state index in [1.807, 2.05) is 36.5 Å². The van der Waals surface area contributed by atoms with Crippen LogP contribution in [0.15, 0.2) is 59.8 Å². The van der Waals surface area contributed by atoms with Gasteiger partial charge in [0.25, 0.3) is 0 Å². The van der Waals surface area contributed by atoms with Crippen LogP contribution in [0.2, 0.25) is 0 Å². The summed E-state index contributed by atoms with van der Waals surface area (Å²) in [4.78, 5) is 19.7. The highest BCUT2D eigenvalue weighted by Gasteiger charge is 1.92.